The first kappa shape index (κ1) is 9.49. The van der Waals surface area contributed by atoms with E-state index in [2.05, 4.69) is 11.5 Å². The molecule has 0 aromatic heterocycles. The highest BCUT2D eigenvalue weighted by Crippen LogP contribution is 2.34. The molecule has 1 aliphatic rings. The van der Waals surface area contributed by atoms with Crippen LogP contribution in [0.3, 0.4) is 0 Å². The van der Waals surface area contributed by atoms with Gasteiger partial charge in [0.2, 0.25) is 0 Å². The fourth-order valence-corrected chi connectivity index (χ4v) is 2.18. The second-order valence-electron chi connectivity index (χ2n) is 3.64. The molecule has 3 N–H and O–H groups in total. The van der Waals surface area contributed by atoms with Crippen molar-refractivity contribution >= 4 is 0 Å². The molecule has 0 saturated carbocycles. The van der Waals surface area contributed by atoms with E-state index in [4.69, 9.17) is 10.6 Å². The maximum absolute atomic E-state index is 5.52. The SMILES string of the molecule is COc1cccc2c1CCCC2NN. The monoisotopic (exact) mass is 192 g/mol. The van der Waals surface area contributed by atoms with Crippen LogP contribution < -0.4 is 16.0 Å². The number of methoxy groups -OCH3 is 1. The van der Waals surface area contributed by atoms with Crippen molar-refractivity contribution in [1.29, 1.82) is 0 Å². The van der Waals surface area contributed by atoms with Crippen LogP contribution in [0.1, 0.15) is 30.0 Å². The lowest BCUT2D eigenvalue weighted by Gasteiger charge is -2.26. The van der Waals surface area contributed by atoms with Gasteiger partial charge < -0.3 is 4.74 Å². The highest BCUT2D eigenvalue weighted by atomic mass is 16.5. The minimum Gasteiger partial charge on any atom is -0.496 e. The van der Waals surface area contributed by atoms with Gasteiger partial charge in [-0.15, -0.1) is 0 Å². The minimum absolute atomic E-state index is 0.286. The third-order valence-electron chi connectivity index (χ3n) is 2.89. The summed E-state index contributed by atoms with van der Waals surface area (Å²) in [7, 11) is 1.72. The topological polar surface area (TPSA) is 47.3 Å². The van der Waals surface area contributed by atoms with Gasteiger partial charge >= 0.3 is 0 Å². The molecule has 1 aromatic rings. The summed E-state index contributed by atoms with van der Waals surface area (Å²) in [6.07, 6.45) is 3.37. The number of benzene rings is 1. The Labute approximate surface area is 84.2 Å². The summed E-state index contributed by atoms with van der Waals surface area (Å²) in [5.41, 5.74) is 5.46. The third-order valence-corrected chi connectivity index (χ3v) is 2.89. The fourth-order valence-electron chi connectivity index (χ4n) is 2.18. The number of nitrogens with two attached hydrogens (primary N) is 1. The maximum Gasteiger partial charge on any atom is 0.122 e. The molecular formula is C11H16N2O. The zero-order valence-corrected chi connectivity index (χ0v) is 8.42. The highest BCUT2D eigenvalue weighted by Gasteiger charge is 2.21. The summed E-state index contributed by atoms with van der Waals surface area (Å²) in [5, 5.41) is 0. The summed E-state index contributed by atoms with van der Waals surface area (Å²) >= 11 is 0. The van der Waals surface area contributed by atoms with Crippen LogP contribution in [0.2, 0.25) is 0 Å². The molecule has 0 amide bonds. The zero-order chi connectivity index (χ0) is 9.97. The van der Waals surface area contributed by atoms with Crippen LogP contribution >= 0.6 is 0 Å². The molecule has 2 rings (SSSR count). The predicted octanol–water partition coefficient (Wildman–Crippen LogP) is 1.54. The standard InChI is InChI=1S/C11H16N2O/c1-14-11-7-3-4-8-9(11)5-2-6-10(8)13-12/h3-4,7,10,13H,2,5-6,12H2,1H3. The summed E-state index contributed by atoms with van der Waals surface area (Å²) in [6.45, 7) is 0. The minimum atomic E-state index is 0.286. The number of hydrazine groups is 1. The Bertz CT molecular complexity index is 325. The van der Waals surface area contributed by atoms with Gasteiger partial charge in [0.25, 0.3) is 0 Å². The van der Waals surface area contributed by atoms with Gasteiger partial charge in [-0.3, -0.25) is 11.3 Å². The molecule has 0 saturated heterocycles. The molecule has 1 aliphatic carbocycles. The van der Waals surface area contributed by atoms with Gasteiger partial charge in [0, 0.05) is 6.04 Å². The van der Waals surface area contributed by atoms with Crippen molar-refractivity contribution in [2.24, 2.45) is 5.84 Å². The largest absolute Gasteiger partial charge is 0.496 e. The van der Waals surface area contributed by atoms with E-state index in [0.29, 0.717) is 0 Å². The molecule has 0 fully saturated rings. The first-order valence-corrected chi connectivity index (χ1v) is 4.98. The number of hydrogen-bond acceptors (Lipinski definition) is 3. The zero-order valence-electron chi connectivity index (χ0n) is 8.42. The first-order chi connectivity index (χ1) is 6.86. The number of fused-ring (bicyclic) bond motifs is 1. The summed E-state index contributed by atoms with van der Waals surface area (Å²) in [4.78, 5) is 0. The predicted molar refractivity (Wildman–Crippen MR) is 56.0 cm³/mol. The quantitative estimate of drug-likeness (QED) is 0.552. The summed E-state index contributed by atoms with van der Waals surface area (Å²) in [5.74, 6) is 6.51. The van der Waals surface area contributed by atoms with E-state index >= 15 is 0 Å². The summed E-state index contributed by atoms with van der Waals surface area (Å²) < 4.78 is 5.34. The van der Waals surface area contributed by atoms with E-state index in [9.17, 15) is 0 Å². The second-order valence-corrected chi connectivity index (χ2v) is 3.64. The van der Waals surface area contributed by atoms with Gasteiger partial charge in [0.1, 0.15) is 5.75 Å². The highest BCUT2D eigenvalue weighted by molar-refractivity contribution is 5.43. The Morgan fingerprint density at radius 2 is 2.36 bits per heavy atom. The maximum atomic E-state index is 5.52. The molecule has 0 radical (unpaired) electrons. The average Bonchev–Trinajstić information content (AvgIpc) is 2.27. The Balaban J connectivity index is 2.43. The van der Waals surface area contributed by atoms with Crippen molar-refractivity contribution in [2.75, 3.05) is 7.11 Å². The summed E-state index contributed by atoms with van der Waals surface area (Å²) in [6, 6.07) is 6.45. The van der Waals surface area contributed by atoms with Crippen molar-refractivity contribution in [3.05, 3.63) is 29.3 Å². The molecule has 76 valence electrons. The molecule has 1 aromatic carbocycles. The van der Waals surface area contributed by atoms with E-state index in [1.165, 1.54) is 17.5 Å². The van der Waals surface area contributed by atoms with Gasteiger partial charge in [-0.05, 0) is 36.5 Å². The van der Waals surface area contributed by atoms with E-state index in [0.717, 1.165) is 18.6 Å². The molecule has 0 aliphatic heterocycles. The van der Waals surface area contributed by atoms with Crippen molar-refractivity contribution in [2.45, 2.75) is 25.3 Å². The number of hydrogen-bond donors (Lipinski definition) is 2. The van der Waals surface area contributed by atoms with Gasteiger partial charge in [-0.1, -0.05) is 12.1 Å². The lowest BCUT2D eigenvalue weighted by atomic mass is 9.87. The van der Waals surface area contributed by atoms with Crippen molar-refractivity contribution < 1.29 is 4.74 Å². The van der Waals surface area contributed by atoms with E-state index in [1.807, 2.05) is 12.1 Å². The molecule has 0 bridgehead atoms. The van der Waals surface area contributed by atoms with Crippen LogP contribution in [-0.2, 0) is 6.42 Å². The lowest BCUT2D eigenvalue weighted by molar-refractivity contribution is 0.397. The molecule has 3 nitrogen and oxygen atoms in total. The lowest BCUT2D eigenvalue weighted by Crippen LogP contribution is -2.30. The second kappa shape index (κ2) is 3.98. The van der Waals surface area contributed by atoms with Crippen LogP contribution in [-0.4, -0.2) is 7.11 Å². The Kier molecular flexibility index (Phi) is 2.70. The molecule has 1 atom stereocenters. The number of rotatable bonds is 2. The normalized spacial score (nSPS) is 20.3. The van der Waals surface area contributed by atoms with Gasteiger partial charge in [0.05, 0.1) is 7.11 Å². The van der Waals surface area contributed by atoms with Gasteiger partial charge in [0.15, 0.2) is 0 Å². The Morgan fingerprint density at radius 1 is 1.50 bits per heavy atom. The van der Waals surface area contributed by atoms with E-state index < -0.39 is 0 Å². The average molecular weight is 192 g/mol. The molecule has 1 unspecified atom stereocenters. The molecule has 3 heteroatoms. The third kappa shape index (κ3) is 1.49. The Morgan fingerprint density at radius 3 is 3.07 bits per heavy atom. The van der Waals surface area contributed by atoms with Crippen molar-refractivity contribution in [1.82, 2.24) is 5.43 Å². The molecule has 0 spiro atoms. The van der Waals surface area contributed by atoms with Gasteiger partial charge in [-0.25, -0.2) is 0 Å². The molecule has 0 heterocycles. The Hall–Kier alpha value is -1.06. The number of ether oxygens (including phenoxy) is 1. The van der Waals surface area contributed by atoms with Crippen molar-refractivity contribution in [3.8, 4) is 5.75 Å². The van der Waals surface area contributed by atoms with Crippen LogP contribution in [0, 0.1) is 0 Å². The van der Waals surface area contributed by atoms with E-state index in [-0.39, 0.29) is 6.04 Å². The number of nitrogens with one attached hydrogen (secondary N) is 1. The van der Waals surface area contributed by atoms with E-state index in [1.54, 1.807) is 7.11 Å². The molecular weight excluding hydrogens is 176 g/mol. The fraction of sp³-hybridized carbons (Fsp3) is 0.455. The van der Waals surface area contributed by atoms with Crippen molar-refractivity contribution in [3.63, 3.8) is 0 Å². The first-order valence-electron chi connectivity index (χ1n) is 4.98. The smallest absolute Gasteiger partial charge is 0.122 e. The van der Waals surface area contributed by atoms with Crippen LogP contribution in [0.4, 0.5) is 0 Å². The van der Waals surface area contributed by atoms with Gasteiger partial charge in [-0.2, -0.15) is 0 Å². The molecule has 14 heavy (non-hydrogen) atoms. The van der Waals surface area contributed by atoms with Crippen LogP contribution in [0.15, 0.2) is 18.2 Å². The van der Waals surface area contributed by atoms with Crippen LogP contribution in [0.5, 0.6) is 5.75 Å². The van der Waals surface area contributed by atoms with Crippen LogP contribution in [0.25, 0.3) is 0 Å².